The first-order valence-corrected chi connectivity index (χ1v) is 9.32. The molecule has 0 radical (unpaired) electrons. The van der Waals surface area contributed by atoms with Gasteiger partial charge in [-0.2, -0.15) is 10.2 Å². The summed E-state index contributed by atoms with van der Waals surface area (Å²) in [5.41, 5.74) is 1.53. The van der Waals surface area contributed by atoms with Crippen molar-refractivity contribution in [2.75, 3.05) is 27.4 Å². The van der Waals surface area contributed by atoms with Gasteiger partial charge < -0.3 is 18.9 Å². The van der Waals surface area contributed by atoms with Crippen LogP contribution in [0.2, 0.25) is 0 Å². The first-order valence-electron chi connectivity index (χ1n) is 9.32. The van der Waals surface area contributed by atoms with Crippen LogP contribution in [0.1, 0.15) is 6.42 Å². The Labute approximate surface area is 170 Å². The summed E-state index contributed by atoms with van der Waals surface area (Å²) in [7, 11) is 3.28. The maximum Gasteiger partial charge on any atom is 0.119 e. The molecule has 0 saturated heterocycles. The summed E-state index contributed by atoms with van der Waals surface area (Å²) in [5.74, 6) is 3.21. The third kappa shape index (κ3) is 6.53. The molecule has 3 aromatic rings. The van der Waals surface area contributed by atoms with Crippen molar-refractivity contribution >= 4 is 11.4 Å². The van der Waals surface area contributed by atoms with Gasteiger partial charge >= 0.3 is 0 Å². The fourth-order valence-corrected chi connectivity index (χ4v) is 2.48. The van der Waals surface area contributed by atoms with Gasteiger partial charge in [-0.25, -0.2) is 0 Å². The van der Waals surface area contributed by atoms with Crippen molar-refractivity contribution in [1.82, 2.24) is 0 Å². The van der Waals surface area contributed by atoms with E-state index >= 15 is 0 Å². The van der Waals surface area contributed by atoms with Gasteiger partial charge in [0, 0.05) is 6.42 Å². The fraction of sp³-hybridized carbons (Fsp3) is 0.217. The number of azo groups is 1. The minimum absolute atomic E-state index is 0.572. The van der Waals surface area contributed by atoms with Crippen LogP contribution in [-0.2, 0) is 0 Å². The van der Waals surface area contributed by atoms with E-state index in [1.54, 1.807) is 14.2 Å². The summed E-state index contributed by atoms with van der Waals surface area (Å²) in [6.45, 7) is 1.16. The van der Waals surface area contributed by atoms with Crippen LogP contribution in [-0.4, -0.2) is 27.4 Å². The lowest BCUT2D eigenvalue weighted by atomic mass is 10.3. The standard InChI is InChI=1S/C23H24N2O4/c1-26-20-8-4-18(5-9-20)24-25-19-6-10-22(11-7-19)28-16-3-17-29-23-14-12-21(27-2)13-15-23/h4-15H,3,16-17H2,1-2H3. The van der Waals surface area contributed by atoms with Gasteiger partial charge in [-0.15, -0.1) is 0 Å². The molecule has 0 atom stereocenters. The highest BCUT2D eigenvalue weighted by Crippen LogP contribution is 2.23. The van der Waals surface area contributed by atoms with Gasteiger partial charge in [0.05, 0.1) is 38.8 Å². The van der Waals surface area contributed by atoms with Crippen LogP contribution < -0.4 is 18.9 Å². The Bertz CT molecular complexity index is 892. The van der Waals surface area contributed by atoms with Crippen molar-refractivity contribution < 1.29 is 18.9 Å². The first-order chi connectivity index (χ1) is 14.3. The molecular weight excluding hydrogens is 368 g/mol. The Hall–Kier alpha value is -3.54. The van der Waals surface area contributed by atoms with E-state index in [0.717, 1.165) is 40.8 Å². The average molecular weight is 392 g/mol. The van der Waals surface area contributed by atoms with Crippen molar-refractivity contribution in [2.45, 2.75) is 6.42 Å². The molecule has 0 bridgehead atoms. The molecule has 0 N–H and O–H groups in total. The molecule has 0 aliphatic heterocycles. The van der Waals surface area contributed by atoms with Crippen molar-refractivity contribution in [3.63, 3.8) is 0 Å². The molecule has 150 valence electrons. The number of rotatable bonds is 10. The van der Waals surface area contributed by atoms with E-state index in [-0.39, 0.29) is 0 Å². The van der Waals surface area contributed by atoms with Crippen LogP contribution in [0.3, 0.4) is 0 Å². The second kappa shape index (κ2) is 10.7. The molecule has 0 unspecified atom stereocenters. The Morgan fingerprint density at radius 2 is 0.862 bits per heavy atom. The van der Waals surface area contributed by atoms with Gasteiger partial charge in [-0.05, 0) is 72.8 Å². The van der Waals surface area contributed by atoms with Crippen molar-refractivity contribution in [3.05, 3.63) is 72.8 Å². The molecule has 0 amide bonds. The predicted octanol–water partition coefficient (Wildman–Crippen LogP) is 5.97. The highest BCUT2D eigenvalue weighted by atomic mass is 16.5. The second-order valence-corrected chi connectivity index (χ2v) is 6.12. The number of ether oxygens (including phenoxy) is 4. The Balaban J connectivity index is 1.38. The topological polar surface area (TPSA) is 61.6 Å². The minimum Gasteiger partial charge on any atom is -0.497 e. The quantitative estimate of drug-likeness (QED) is 0.315. The second-order valence-electron chi connectivity index (χ2n) is 6.12. The van der Waals surface area contributed by atoms with E-state index in [2.05, 4.69) is 10.2 Å². The Kier molecular flexibility index (Phi) is 7.46. The molecule has 6 heteroatoms. The minimum atomic E-state index is 0.572. The molecule has 0 spiro atoms. The fourth-order valence-electron chi connectivity index (χ4n) is 2.48. The zero-order chi connectivity index (χ0) is 20.3. The molecule has 3 rings (SSSR count). The van der Waals surface area contributed by atoms with Crippen molar-refractivity contribution in [2.24, 2.45) is 10.2 Å². The molecule has 0 heterocycles. The number of benzene rings is 3. The summed E-state index contributed by atoms with van der Waals surface area (Å²) < 4.78 is 21.7. The smallest absolute Gasteiger partial charge is 0.119 e. The molecule has 6 nitrogen and oxygen atoms in total. The maximum absolute atomic E-state index is 5.74. The SMILES string of the molecule is COc1ccc(N=Nc2ccc(OCCCOc3ccc(OC)cc3)cc2)cc1. The monoisotopic (exact) mass is 392 g/mol. The summed E-state index contributed by atoms with van der Waals surface area (Å²) in [6, 6.07) is 22.4. The number of hydrogen-bond donors (Lipinski definition) is 0. The number of methoxy groups -OCH3 is 2. The van der Waals surface area contributed by atoms with E-state index in [0.29, 0.717) is 13.2 Å². The van der Waals surface area contributed by atoms with Crippen LogP contribution in [0.25, 0.3) is 0 Å². The van der Waals surface area contributed by atoms with Crippen molar-refractivity contribution in [1.29, 1.82) is 0 Å². The molecule has 3 aromatic carbocycles. The molecule has 0 saturated carbocycles. The van der Waals surface area contributed by atoms with Gasteiger partial charge in [0.2, 0.25) is 0 Å². The predicted molar refractivity (Wildman–Crippen MR) is 112 cm³/mol. The zero-order valence-electron chi connectivity index (χ0n) is 16.6. The molecule has 0 aliphatic rings. The van der Waals surface area contributed by atoms with Crippen LogP contribution >= 0.6 is 0 Å². The molecule has 0 fully saturated rings. The van der Waals surface area contributed by atoms with E-state index in [9.17, 15) is 0 Å². The van der Waals surface area contributed by atoms with Crippen LogP contribution in [0, 0.1) is 0 Å². The molecule has 29 heavy (non-hydrogen) atoms. The molecular formula is C23H24N2O4. The first kappa shape index (κ1) is 20.2. The number of nitrogens with zero attached hydrogens (tertiary/aromatic N) is 2. The van der Waals surface area contributed by atoms with Crippen LogP contribution in [0.4, 0.5) is 11.4 Å². The van der Waals surface area contributed by atoms with Gasteiger partial charge in [0.1, 0.15) is 23.0 Å². The van der Waals surface area contributed by atoms with Gasteiger partial charge in [0.15, 0.2) is 0 Å². The lowest BCUT2D eigenvalue weighted by molar-refractivity contribution is 0.247. The summed E-state index contributed by atoms with van der Waals surface area (Å²) in [4.78, 5) is 0. The van der Waals surface area contributed by atoms with Gasteiger partial charge in [0.25, 0.3) is 0 Å². The lowest BCUT2D eigenvalue weighted by Gasteiger charge is -2.08. The molecule has 0 aliphatic carbocycles. The average Bonchev–Trinajstić information content (AvgIpc) is 2.79. The number of hydrogen-bond acceptors (Lipinski definition) is 6. The van der Waals surface area contributed by atoms with Gasteiger partial charge in [-0.1, -0.05) is 0 Å². The van der Waals surface area contributed by atoms with Crippen molar-refractivity contribution in [3.8, 4) is 23.0 Å². The maximum atomic E-state index is 5.74. The third-order valence-corrected chi connectivity index (χ3v) is 4.08. The van der Waals surface area contributed by atoms with Crippen LogP contribution in [0.5, 0.6) is 23.0 Å². The van der Waals surface area contributed by atoms with E-state index < -0.39 is 0 Å². The summed E-state index contributed by atoms with van der Waals surface area (Å²) in [6.07, 6.45) is 0.783. The van der Waals surface area contributed by atoms with Crippen LogP contribution in [0.15, 0.2) is 83.0 Å². The Morgan fingerprint density at radius 3 is 1.28 bits per heavy atom. The Morgan fingerprint density at radius 1 is 0.517 bits per heavy atom. The zero-order valence-corrected chi connectivity index (χ0v) is 16.6. The van der Waals surface area contributed by atoms with E-state index in [1.807, 2.05) is 72.8 Å². The third-order valence-electron chi connectivity index (χ3n) is 4.08. The highest BCUT2D eigenvalue weighted by Gasteiger charge is 1.98. The van der Waals surface area contributed by atoms with E-state index in [4.69, 9.17) is 18.9 Å². The lowest BCUT2D eigenvalue weighted by Crippen LogP contribution is -2.04. The normalized spacial score (nSPS) is 10.7. The largest absolute Gasteiger partial charge is 0.497 e. The summed E-state index contributed by atoms with van der Waals surface area (Å²) >= 11 is 0. The molecule has 0 aromatic heterocycles. The summed E-state index contributed by atoms with van der Waals surface area (Å²) in [5, 5.41) is 8.44. The van der Waals surface area contributed by atoms with Gasteiger partial charge in [-0.3, -0.25) is 0 Å². The van der Waals surface area contributed by atoms with E-state index in [1.165, 1.54) is 0 Å². The highest BCUT2D eigenvalue weighted by molar-refractivity contribution is 5.44.